The van der Waals surface area contributed by atoms with Gasteiger partial charge in [-0.25, -0.2) is 8.78 Å². The van der Waals surface area contributed by atoms with Gasteiger partial charge >= 0.3 is 0 Å². The van der Waals surface area contributed by atoms with Crippen molar-refractivity contribution in [1.82, 2.24) is 0 Å². The fraction of sp³-hybridized carbons (Fsp3) is 0.0769. The molecule has 5 heteroatoms. The van der Waals surface area contributed by atoms with Gasteiger partial charge in [-0.05, 0) is 36.4 Å². The summed E-state index contributed by atoms with van der Waals surface area (Å²) >= 11 is 3.27. The van der Waals surface area contributed by atoms with Crippen molar-refractivity contribution in [3.05, 3.63) is 58.1 Å². The topological polar surface area (TPSA) is 38.0 Å². The molecule has 0 aliphatic rings. The van der Waals surface area contributed by atoms with Crippen LogP contribution in [-0.4, -0.2) is 0 Å². The highest BCUT2D eigenvalue weighted by atomic mass is 79.9. The van der Waals surface area contributed by atoms with Crippen molar-refractivity contribution < 1.29 is 8.78 Å². The average molecular weight is 313 g/mol. The van der Waals surface area contributed by atoms with Crippen LogP contribution in [0.5, 0.6) is 0 Å². The molecule has 2 aromatic carbocycles. The molecule has 0 saturated heterocycles. The Kier molecular flexibility index (Phi) is 3.81. The minimum absolute atomic E-state index is 0.258. The van der Waals surface area contributed by atoms with Gasteiger partial charge in [-0.2, -0.15) is 0 Å². The van der Waals surface area contributed by atoms with Gasteiger partial charge in [0, 0.05) is 28.0 Å². The summed E-state index contributed by atoms with van der Waals surface area (Å²) in [6, 6.07) is 8.81. The second-order valence-corrected chi connectivity index (χ2v) is 4.78. The Morgan fingerprint density at radius 2 is 1.89 bits per heavy atom. The number of anilines is 2. The number of hydrogen-bond donors (Lipinski definition) is 2. The molecule has 3 N–H and O–H groups in total. The number of nitrogen functional groups attached to an aromatic ring is 1. The lowest BCUT2D eigenvalue weighted by Crippen LogP contribution is -2.02. The van der Waals surface area contributed by atoms with Gasteiger partial charge in [0.1, 0.15) is 11.6 Å². The number of rotatable bonds is 3. The Hall–Kier alpha value is -1.62. The molecule has 0 amide bonds. The molecule has 0 atom stereocenters. The number of nitrogens with one attached hydrogen (secondary N) is 1. The summed E-state index contributed by atoms with van der Waals surface area (Å²) in [5.41, 5.74) is 6.86. The van der Waals surface area contributed by atoms with E-state index in [-0.39, 0.29) is 12.4 Å². The molecular weight excluding hydrogens is 302 g/mol. The zero-order chi connectivity index (χ0) is 13.1. The number of halogens is 3. The molecular formula is C13H11BrF2N2. The molecule has 0 unspecified atom stereocenters. The van der Waals surface area contributed by atoms with Crippen LogP contribution < -0.4 is 11.1 Å². The van der Waals surface area contributed by atoms with Crippen molar-refractivity contribution in [3.8, 4) is 0 Å². The SMILES string of the molecule is Nc1cc(F)cc(NCc2cc(Br)ccc2F)c1. The lowest BCUT2D eigenvalue weighted by molar-refractivity contribution is 0.612. The molecule has 0 aromatic heterocycles. The summed E-state index contributed by atoms with van der Waals surface area (Å²) in [7, 11) is 0. The number of benzene rings is 2. The van der Waals surface area contributed by atoms with Crippen molar-refractivity contribution in [2.45, 2.75) is 6.54 Å². The van der Waals surface area contributed by atoms with Crippen molar-refractivity contribution in [3.63, 3.8) is 0 Å². The van der Waals surface area contributed by atoms with Gasteiger partial charge in [0.25, 0.3) is 0 Å². The van der Waals surface area contributed by atoms with E-state index in [1.165, 1.54) is 18.2 Å². The van der Waals surface area contributed by atoms with Crippen LogP contribution in [0.3, 0.4) is 0 Å². The van der Waals surface area contributed by atoms with Gasteiger partial charge in [-0.15, -0.1) is 0 Å². The van der Waals surface area contributed by atoms with Crippen LogP contribution in [0, 0.1) is 11.6 Å². The minimum atomic E-state index is -0.424. The van der Waals surface area contributed by atoms with Crippen molar-refractivity contribution >= 4 is 27.3 Å². The first-order chi connectivity index (χ1) is 8.54. The van der Waals surface area contributed by atoms with E-state index in [9.17, 15) is 8.78 Å². The lowest BCUT2D eigenvalue weighted by atomic mass is 10.2. The summed E-state index contributed by atoms with van der Waals surface area (Å²) in [5.74, 6) is -0.734. The summed E-state index contributed by atoms with van der Waals surface area (Å²) < 4.78 is 27.4. The Morgan fingerprint density at radius 1 is 1.11 bits per heavy atom. The molecule has 0 heterocycles. The maximum Gasteiger partial charge on any atom is 0.128 e. The highest BCUT2D eigenvalue weighted by Gasteiger charge is 2.04. The second-order valence-electron chi connectivity index (χ2n) is 3.86. The molecule has 0 fully saturated rings. The first-order valence-corrected chi connectivity index (χ1v) is 6.08. The van der Waals surface area contributed by atoms with Gasteiger partial charge in [0.2, 0.25) is 0 Å². The maximum atomic E-state index is 13.5. The van der Waals surface area contributed by atoms with Gasteiger partial charge in [0.05, 0.1) is 0 Å². The van der Waals surface area contributed by atoms with E-state index in [1.807, 2.05) is 0 Å². The van der Waals surface area contributed by atoms with Crippen molar-refractivity contribution in [2.75, 3.05) is 11.1 Å². The zero-order valence-electron chi connectivity index (χ0n) is 9.38. The monoisotopic (exact) mass is 312 g/mol. The molecule has 94 valence electrons. The van der Waals surface area contributed by atoms with Gasteiger partial charge < -0.3 is 11.1 Å². The van der Waals surface area contributed by atoms with Crippen LogP contribution in [0.2, 0.25) is 0 Å². The zero-order valence-corrected chi connectivity index (χ0v) is 11.0. The predicted octanol–water partition coefficient (Wildman–Crippen LogP) is 3.92. The van der Waals surface area contributed by atoms with Gasteiger partial charge in [0.15, 0.2) is 0 Å². The lowest BCUT2D eigenvalue weighted by Gasteiger charge is -2.09. The van der Waals surface area contributed by atoms with E-state index >= 15 is 0 Å². The Bertz CT molecular complexity index is 553. The Morgan fingerprint density at radius 3 is 2.61 bits per heavy atom. The largest absolute Gasteiger partial charge is 0.399 e. The first-order valence-electron chi connectivity index (χ1n) is 5.28. The van der Waals surface area contributed by atoms with Crippen LogP contribution in [-0.2, 0) is 6.54 Å². The molecule has 2 aromatic rings. The summed E-state index contributed by atoms with van der Waals surface area (Å²) in [6.07, 6.45) is 0. The third-order valence-corrected chi connectivity index (χ3v) is 2.90. The summed E-state index contributed by atoms with van der Waals surface area (Å²) in [5, 5.41) is 2.93. The van der Waals surface area contributed by atoms with E-state index in [0.29, 0.717) is 16.9 Å². The standard InChI is InChI=1S/C13H11BrF2N2/c14-9-1-2-13(16)8(3-9)7-18-12-5-10(15)4-11(17)6-12/h1-6,18H,7,17H2. The second kappa shape index (κ2) is 5.35. The molecule has 2 nitrogen and oxygen atoms in total. The third-order valence-electron chi connectivity index (χ3n) is 2.41. The fourth-order valence-corrected chi connectivity index (χ4v) is 2.00. The molecule has 0 saturated carbocycles. The Labute approximate surface area is 112 Å². The van der Waals surface area contributed by atoms with Crippen LogP contribution in [0.4, 0.5) is 20.2 Å². The van der Waals surface area contributed by atoms with Crippen LogP contribution >= 0.6 is 15.9 Å². The normalized spacial score (nSPS) is 10.4. The highest BCUT2D eigenvalue weighted by molar-refractivity contribution is 9.10. The van der Waals surface area contributed by atoms with E-state index in [2.05, 4.69) is 21.2 Å². The minimum Gasteiger partial charge on any atom is -0.399 e. The van der Waals surface area contributed by atoms with Gasteiger partial charge in [-0.3, -0.25) is 0 Å². The quantitative estimate of drug-likeness (QED) is 0.843. The molecule has 0 radical (unpaired) electrons. The maximum absolute atomic E-state index is 13.5. The highest BCUT2D eigenvalue weighted by Crippen LogP contribution is 2.19. The van der Waals surface area contributed by atoms with E-state index < -0.39 is 5.82 Å². The average Bonchev–Trinajstić information content (AvgIpc) is 2.29. The molecule has 0 aliphatic heterocycles. The van der Waals surface area contributed by atoms with Crippen LogP contribution in [0.15, 0.2) is 40.9 Å². The molecule has 0 bridgehead atoms. The Balaban J connectivity index is 2.13. The van der Waals surface area contributed by atoms with E-state index in [1.54, 1.807) is 18.2 Å². The van der Waals surface area contributed by atoms with Crippen molar-refractivity contribution in [1.29, 1.82) is 0 Å². The van der Waals surface area contributed by atoms with Crippen LogP contribution in [0.25, 0.3) is 0 Å². The van der Waals surface area contributed by atoms with E-state index in [0.717, 1.165) is 4.47 Å². The predicted molar refractivity (Wildman–Crippen MR) is 72.2 cm³/mol. The summed E-state index contributed by atoms with van der Waals surface area (Å²) in [4.78, 5) is 0. The fourth-order valence-electron chi connectivity index (χ4n) is 1.59. The van der Waals surface area contributed by atoms with Crippen molar-refractivity contribution in [2.24, 2.45) is 0 Å². The van der Waals surface area contributed by atoms with Crippen LogP contribution in [0.1, 0.15) is 5.56 Å². The molecule has 0 aliphatic carbocycles. The first kappa shape index (κ1) is 12.8. The van der Waals surface area contributed by atoms with Gasteiger partial charge in [-0.1, -0.05) is 15.9 Å². The molecule has 2 rings (SSSR count). The number of nitrogens with two attached hydrogens (primary N) is 1. The third kappa shape index (κ3) is 3.20. The summed E-state index contributed by atoms with van der Waals surface area (Å²) in [6.45, 7) is 0.258. The smallest absolute Gasteiger partial charge is 0.128 e. The van der Waals surface area contributed by atoms with E-state index in [4.69, 9.17) is 5.73 Å². The molecule has 18 heavy (non-hydrogen) atoms. The number of hydrogen-bond acceptors (Lipinski definition) is 2. The molecule has 0 spiro atoms.